The van der Waals surface area contributed by atoms with Crippen molar-refractivity contribution in [1.29, 1.82) is 0 Å². The minimum Gasteiger partial charge on any atom is -0.299 e. The lowest BCUT2D eigenvalue weighted by molar-refractivity contribution is 0.0343. The number of hydrogen-bond donors (Lipinski definition) is 0. The fourth-order valence-corrected chi connectivity index (χ4v) is 8.56. The van der Waals surface area contributed by atoms with Crippen LogP contribution in [-0.4, -0.2) is 10.1 Å². The van der Waals surface area contributed by atoms with Gasteiger partial charge in [-0.25, -0.2) is 0 Å². The Hall–Kier alpha value is -0.330. The predicted octanol–water partition coefficient (Wildman–Crippen LogP) is 4.19. The molecule has 5 rings (SSSR count). The van der Waals surface area contributed by atoms with E-state index in [-0.39, 0.29) is 5.16 Å². The Morgan fingerprint density at radius 3 is 2.16 bits per heavy atom. The Balaban J connectivity index is 1.77. The first-order valence-corrected chi connectivity index (χ1v) is 9.92. The average Bonchev–Trinajstić information content (AvgIpc) is 2.38. The van der Waals surface area contributed by atoms with Crippen LogP contribution in [-0.2, 0) is 4.57 Å². The van der Waals surface area contributed by atoms with Gasteiger partial charge in [0.15, 0.2) is 0 Å². The number of hydrogen-bond acceptors (Lipinski definition) is 2. The van der Waals surface area contributed by atoms with Crippen LogP contribution in [0.5, 0.6) is 0 Å². The Morgan fingerprint density at radius 1 is 1.11 bits per heavy atom. The Labute approximate surface area is 119 Å². The zero-order valence-electron chi connectivity index (χ0n) is 11.0. The van der Waals surface area contributed by atoms with E-state index in [9.17, 15) is 4.57 Å². The van der Waals surface area contributed by atoms with Crippen molar-refractivity contribution in [3.8, 4) is 0 Å². The van der Waals surface area contributed by atoms with Crippen LogP contribution in [0.2, 0.25) is 0 Å². The second-order valence-electron chi connectivity index (χ2n) is 6.86. The molecular weight excluding hydrogens is 277 g/mol. The molecule has 0 aromatic carbocycles. The van der Waals surface area contributed by atoms with E-state index < -0.39 is 6.49 Å². The maximum atomic E-state index is 13.4. The standard InChI is InChI=1S/C15H19ClNOP/c16-19(18,14-3-1-2-4-17-14)15-8-11-5-12(9-15)7-13(6-11)10-15/h1-4,11-13H,5-10H2. The summed E-state index contributed by atoms with van der Waals surface area (Å²) in [6.45, 7) is -2.88. The molecule has 19 heavy (non-hydrogen) atoms. The fourth-order valence-electron chi connectivity index (χ4n) is 5.18. The van der Waals surface area contributed by atoms with Crippen LogP contribution >= 0.6 is 17.7 Å². The summed E-state index contributed by atoms with van der Waals surface area (Å²) in [5.41, 5.74) is 0.638. The molecule has 1 aromatic heterocycles. The molecular formula is C15H19ClNOP. The SMILES string of the molecule is O=P(Cl)(c1ccccn1)C12CC3CC(CC(C3)C1)C2. The van der Waals surface area contributed by atoms with Gasteiger partial charge in [0.05, 0.1) is 0 Å². The monoisotopic (exact) mass is 295 g/mol. The molecule has 4 bridgehead atoms. The summed E-state index contributed by atoms with van der Waals surface area (Å²) >= 11 is 6.68. The van der Waals surface area contributed by atoms with E-state index in [1.165, 1.54) is 19.3 Å². The van der Waals surface area contributed by atoms with Crippen molar-refractivity contribution in [2.45, 2.75) is 43.7 Å². The average molecular weight is 296 g/mol. The van der Waals surface area contributed by atoms with Crippen LogP contribution in [0.15, 0.2) is 24.4 Å². The van der Waals surface area contributed by atoms with Crippen molar-refractivity contribution in [1.82, 2.24) is 4.98 Å². The molecule has 2 nitrogen and oxygen atoms in total. The molecule has 102 valence electrons. The Bertz CT molecular complexity index is 509. The number of nitrogens with zero attached hydrogens (tertiary/aromatic N) is 1. The molecule has 0 amide bonds. The van der Waals surface area contributed by atoms with Crippen LogP contribution in [0.3, 0.4) is 0 Å². The Kier molecular flexibility index (Phi) is 2.67. The summed E-state index contributed by atoms with van der Waals surface area (Å²) in [7, 11) is 0. The minimum absolute atomic E-state index is 0.141. The first kappa shape index (κ1) is 12.4. The molecule has 1 heterocycles. The lowest BCUT2D eigenvalue weighted by Gasteiger charge is -2.57. The molecule has 4 fully saturated rings. The van der Waals surface area contributed by atoms with Gasteiger partial charge in [0, 0.05) is 11.4 Å². The van der Waals surface area contributed by atoms with E-state index in [1.54, 1.807) is 6.20 Å². The zero-order valence-corrected chi connectivity index (χ0v) is 12.6. The predicted molar refractivity (Wildman–Crippen MR) is 78.2 cm³/mol. The summed E-state index contributed by atoms with van der Waals surface area (Å²) in [6, 6.07) is 5.62. The smallest absolute Gasteiger partial charge is 0.220 e. The normalized spacial score (nSPS) is 43.1. The maximum absolute atomic E-state index is 13.4. The van der Waals surface area contributed by atoms with Gasteiger partial charge in [0.2, 0.25) is 6.49 Å². The topological polar surface area (TPSA) is 30.0 Å². The van der Waals surface area contributed by atoms with Crippen LogP contribution in [0, 0.1) is 17.8 Å². The summed E-state index contributed by atoms with van der Waals surface area (Å²) in [5.74, 6) is 2.30. The van der Waals surface area contributed by atoms with Gasteiger partial charge in [-0.1, -0.05) is 6.07 Å². The first-order chi connectivity index (χ1) is 9.09. The highest BCUT2D eigenvalue weighted by molar-refractivity contribution is 7.96. The van der Waals surface area contributed by atoms with Gasteiger partial charge in [-0.15, -0.1) is 0 Å². The minimum atomic E-state index is -2.88. The highest BCUT2D eigenvalue weighted by Crippen LogP contribution is 2.74. The third-order valence-corrected chi connectivity index (χ3v) is 9.78. The third kappa shape index (κ3) is 1.76. The molecule has 4 heteroatoms. The van der Waals surface area contributed by atoms with Crippen LogP contribution in [0.4, 0.5) is 0 Å². The maximum Gasteiger partial charge on any atom is 0.220 e. The van der Waals surface area contributed by atoms with Gasteiger partial charge in [-0.2, -0.15) is 0 Å². The summed E-state index contributed by atoms with van der Waals surface area (Å²) < 4.78 is 13.4. The molecule has 4 aliphatic carbocycles. The van der Waals surface area contributed by atoms with E-state index in [0.29, 0.717) is 5.44 Å². The van der Waals surface area contributed by atoms with Crippen LogP contribution in [0.1, 0.15) is 38.5 Å². The molecule has 4 aliphatic rings. The molecule has 0 aliphatic heterocycles. The largest absolute Gasteiger partial charge is 0.299 e. The van der Waals surface area contributed by atoms with E-state index >= 15 is 0 Å². The Morgan fingerprint density at radius 2 is 1.68 bits per heavy atom. The summed E-state index contributed by atoms with van der Waals surface area (Å²) in [5, 5.41) is -0.141. The molecule has 0 radical (unpaired) electrons. The van der Waals surface area contributed by atoms with E-state index in [1.807, 2.05) is 18.2 Å². The quantitative estimate of drug-likeness (QED) is 0.766. The van der Waals surface area contributed by atoms with E-state index in [0.717, 1.165) is 37.0 Å². The van der Waals surface area contributed by atoms with Gasteiger partial charge < -0.3 is 0 Å². The molecule has 4 saturated carbocycles. The van der Waals surface area contributed by atoms with Crippen molar-refractivity contribution >= 4 is 23.2 Å². The number of aromatic nitrogens is 1. The van der Waals surface area contributed by atoms with Crippen molar-refractivity contribution < 1.29 is 4.57 Å². The van der Waals surface area contributed by atoms with Gasteiger partial charge in [0.1, 0.15) is 5.44 Å². The second kappa shape index (κ2) is 4.09. The summed E-state index contributed by atoms with van der Waals surface area (Å²) in [4.78, 5) is 4.31. The number of halogens is 1. The van der Waals surface area contributed by atoms with Gasteiger partial charge in [-0.05, 0) is 79.7 Å². The first-order valence-electron chi connectivity index (χ1n) is 7.30. The number of rotatable bonds is 2. The van der Waals surface area contributed by atoms with E-state index in [4.69, 9.17) is 11.2 Å². The van der Waals surface area contributed by atoms with Crippen molar-refractivity contribution in [3.63, 3.8) is 0 Å². The van der Waals surface area contributed by atoms with Crippen molar-refractivity contribution in [2.75, 3.05) is 0 Å². The van der Waals surface area contributed by atoms with Crippen LogP contribution < -0.4 is 5.44 Å². The molecule has 0 spiro atoms. The zero-order chi connectivity index (χ0) is 13.1. The van der Waals surface area contributed by atoms with Gasteiger partial charge >= 0.3 is 0 Å². The van der Waals surface area contributed by atoms with Crippen molar-refractivity contribution in [2.24, 2.45) is 17.8 Å². The third-order valence-electron chi connectivity index (χ3n) is 5.56. The van der Waals surface area contributed by atoms with Crippen molar-refractivity contribution in [3.05, 3.63) is 24.4 Å². The lowest BCUT2D eigenvalue weighted by Crippen LogP contribution is -2.50. The second-order valence-corrected chi connectivity index (χ2v) is 10.8. The summed E-state index contributed by atoms with van der Waals surface area (Å²) in [6.07, 6.45) is 8.95. The highest BCUT2D eigenvalue weighted by atomic mass is 35.7. The number of pyridine rings is 1. The van der Waals surface area contributed by atoms with Crippen LogP contribution in [0.25, 0.3) is 0 Å². The highest BCUT2D eigenvalue weighted by Gasteiger charge is 2.59. The van der Waals surface area contributed by atoms with E-state index in [2.05, 4.69) is 4.98 Å². The molecule has 1 unspecified atom stereocenters. The molecule has 1 aromatic rings. The fraction of sp³-hybridized carbons (Fsp3) is 0.667. The lowest BCUT2D eigenvalue weighted by atomic mass is 9.56. The molecule has 1 atom stereocenters. The van der Waals surface area contributed by atoms with Gasteiger partial charge in [-0.3, -0.25) is 9.55 Å². The van der Waals surface area contributed by atoms with Gasteiger partial charge in [0.25, 0.3) is 0 Å². The molecule has 0 N–H and O–H groups in total. The molecule has 0 saturated heterocycles.